The summed E-state index contributed by atoms with van der Waals surface area (Å²) in [5.41, 5.74) is 0. The number of benzene rings is 1. The van der Waals surface area contributed by atoms with E-state index in [9.17, 15) is 0 Å². The van der Waals surface area contributed by atoms with Crippen molar-refractivity contribution < 1.29 is 14.2 Å². The van der Waals surface area contributed by atoms with Gasteiger partial charge in [-0.05, 0) is 12.1 Å². The molecule has 1 aromatic rings. The van der Waals surface area contributed by atoms with Crippen LogP contribution in [0.2, 0.25) is 0 Å². The first-order valence-electron chi connectivity index (χ1n) is 5.13. The summed E-state index contributed by atoms with van der Waals surface area (Å²) in [6.45, 7) is 4.25. The number of hydrogen-bond acceptors (Lipinski definition) is 4. The molecule has 92 valence electrons. The maximum absolute atomic E-state index is 5.13. The van der Waals surface area contributed by atoms with Gasteiger partial charge in [0.05, 0.1) is 21.3 Å². The van der Waals surface area contributed by atoms with Crippen LogP contribution in [-0.4, -0.2) is 21.3 Å². The summed E-state index contributed by atoms with van der Waals surface area (Å²) in [7, 11) is 4.72. The molecule has 3 nitrogen and oxygen atoms in total. The summed E-state index contributed by atoms with van der Waals surface area (Å²) in [6, 6.07) is 3.54. The van der Waals surface area contributed by atoms with Gasteiger partial charge in [-0.2, -0.15) is 0 Å². The Morgan fingerprint density at radius 1 is 0.938 bits per heavy atom. The fourth-order valence-electron chi connectivity index (χ4n) is 1.07. The normalized spacial score (nSPS) is 8.88. The topological polar surface area (TPSA) is 27.7 Å². The molecule has 0 N–H and O–H groups in total. The molecule has 0 aliphatic carbocycles. The highest BCUT2D eigenvalue weighted by molar-refractivity contribution is 7.80. The molecule has 0 atom stereocenters. The molecule has 0 bridgehead atoms. The van der Waals surface area contributed by atoms with E-state index in [1.54, 1.807) is 33.5 Å². The van der Waals surface area contributed by atoms with Crippen LogP contribution in [0.1, 0.15) is 20.3 Å². The Morgan fingerprint density at radius 2 is 1.31 bits per heavy atom. The Hall–Kier alpha value is -1.03. The maximum Gasteiger partial charge on any atom is 0.203 e. The molecule has 0 amide bonds. The van der Waals surface area contributed by atoms with E-state index in [0.29, 0.717) is 17.2 Å². The summed E-state index contributed by atoms with van der Waals surface area (Å²) in [5, 5.41) is 0. The number of thiol groups is 1. The predicted octanol–water partition coefficient (Wildman–Crippen LogP) is 3.42. The molecule has 4 heteroatoms. The van der Waals surface area contributed by atoms with Gasteiger partial charge in [0.15, 0.2) is 11.5 Å². The van der Waals surface area contributed by atoms with Gasteiger partial charge in [0.1, 0.15) is 0 Å². The molecular formula is C12H20O3S. The lowest BCUT2D eigenvalue weighted by molar-refractivity contribution is 0.323. The van der Waals surface area contributed by atoms with Crippen LogP contribution in [0, 0.1) is 0 Å². The van der Waals surface area contributed by atoms with Gasteiger partial charge in [0.25, 0.3) is 0 Å². The summed E-state index contributed by atoms with van der Waals surface area (Å²) < 4.78 is 15.3. The van der Waals surface area contributed by atoms with Crippen LogP contribution < -0.4 is 14.2 Å². The SMILES string of the molecule is CCC.COc1cc(S)cc(OC)c1OC. The second kappa shape index (κ2) is 8.16. The first kappa shape index (κ1) is 15.0. The van der Waals surface area contributed by atoms with Crippen LogP contribution in [0.5, 0.6) is 17.2 Å². The molecule has 0 radical (unpaired) electrons. The quantitative estimate of drug-likeness (QED) is 0.826. The molecular weight excluding hydrogens is 224 g/mol. The van der Waals surface area contributed by atoms with Crippen molar-refractivity contribution in [1.29, 1.82) is 0 Å². The minimum atomic E-state index is 0.586. The van der Waals surface area contributed by atoms with E-state index in [2.05, 4.69) is 26.5 Å². The summed E-state index contributed by atoms with van der Waals surface area (Å²) in [4.78, 5) is 0.773. The second-order valence-corrected chi connectivity index (χ2v) is 3.61. The van der Waals surface area contributed by atoms with Crippen LogP contribution in [0.25, 0.3) is 0 Å². The van der Waals surface area contributed by atoms with Crippen molar-refractivity contribution in [3.8, 4) is 17.2 Å². The number of ether oxygens (including phenoxy) is 3. The summed E-state index contributed by atoms with van der Waals surface area (Å²) in [6.07, 6.45) is 1.25. The molecule has 1 rings (SSSR count). The largest absolute Gasteiger partial charge is 0.493 e. The molecule has 0 aliphatic heterocycles. The molecule has 0 aliphatic rings. The van der Waals surface area contributed by atoms with Crippen LogP contribution in [-0.2, 0) is 0 Å². The second-order valence-electron chi connectivity index (χ2n) is 3.09. The van der Waals surface area contributed by atoms with Crippen LogP contribution in [0.3, 0.4) is 0 Å². The van der Waals surface area contributed by atoms with Gasteiger partial charge < -0.3 is 14.2 Å². The molecule has 0 fully saturated rings. The van der Waals surface area contributed by atoms with Gasteiger partial charge in [-0.15, -0.1) is 12.6 Å². The fourth-order valence-corrected chi connectivity index (χ4v) is 1.30. The third-order valence-electron chi connectivity index (χ3n) is 1.65. The first-order valence-corrected chi connectivity index (χ1v) is 5.58. The average Bonchev–Trinajstić information content (AvgIpc) is 2.28. The zero-order valence-corrected chi connectivity index (χ0v) is 11.4. The smallest absolute Gasteiger partial charge is 0.203 e. The summed E-state index contributed by atoms with van der Waals surface area (Å²) >= 11 is 4.20. The van der Waals surface area contributed by atoms with E-state index in [1.165, 1.54) is 6.42 Å². The van der Waals surface area contributed by atoms with Crippen molar-refractivity contribution in [3.63, 3.8) is 0 Å². The van der Waals surface area contributed by atoms with Gasteiger partial charge in [-0.25, -0.2) is 0 Å². The third kappa shape index (κ3) is 4.23. The molecule has 0 saturated heterocycles. The van der Waals surface area contributed by atoms with E-state index >= 15 is 0 Å². The molecule has 1 aromatic carbocycles. The maximum atomic E-state index is 5.13. The van der Waals surface area contributed by atoms with Crippen molar-refractivity contribution in [2.75, 3.05) is 21.3 Å². The monoisotopic (exact) mass is 244 g/mol. The summed E-state index contributed by atoms with van der Waals surface area (Å²) in [5.74, 6) is 1.82. The Bertz CT molecular complexity index is 288. The zero-order chi connectivity index (χ0) is 12.6. The highest BCUT2D eigenvalue weighted by Crippen LogP contribution is 2.38. The standard InChI is InChI=1S/C9H12O3S.C3H8/c1-10-7-4-6(13)5-8(11-2)9(7)12-3;1-3-2/h4-5,13H,1-3H3;3H2,1-2H3. The van der Waals surface area contributed by atoms with Gasteiger partial charge in [-0.3, -0.25) is 0 Å². The van der Waals surface area contributed by atoms with Gasteiger partial charge >= 0.3 is 0 Å². The zero-order valence-electron chi connectivity index (χ0n) is 10.5. The van der Waals surface area contributed by atoms with E-state index in [4.69, 9.17) is 14.2 Å². The highest BCUT2D eigenvalue weighted by Gasteiger charge is 2.11. The van der Waals surface area contributed by atoms with Crippen LogP contribution >= 0.6 is 12.6 Å². The van der Waals surface area contributed by atoms with Crippen LogP contribution in [0.4, 0.5) is 0 Å². The van der Waals surface area contributed by atoms with Crippen LogP contribution in [0.15, 0.2) is 17.0 Å². The predicted molar refractivity (Wildman–Crippen MR) is 69.3 cm³/mol. The molecule has 0 heterocycles. The fraction of sp³-hybridized carbons (Fsp3) is 0.500. The van der Waals surface area contributed by atoms with Gasteiger partial charge in [0.2, 0.25) is 5.75 Å². The minimum Gasteiger partial charge on any atom is -0.493 e. The number of hydrogen-bond donors (Lipinski definition) is 1. The van der Waals surface area contributed by atoms with Crippen molar-refractivity contribution >= 4 is 12.6 Å². The third-order valence-corrected chi connectivity index (χ3v) is 1.91. The molecule has 0 spiro atoms. The highest BCUT2D eigenvalue weighted by atomic mass is 32.1. The molecule has 0 saturated carbocycles. The van der Waals surface area contributed by atoms with E-state index < -0.39 is 0 Å². The molecule has 0 unspecified atom stereocenters. The van der Waals surface area contributed by atoms with E-state index in [-0.39, 0.29) is 0 Å². The number of methoxy groups -OCH3 is 3. The lowest BCUT2D eigenvalue weighted by atomic mass is 10.3. The molecule has 0 aromatic heterocycles. The number of rotatable bonds is 3. The Labute approximate surface area is 103 Å². The first-order chi connectivity index (χ1) is 7.64. The molecule has 16 heavy (non-hydrogen) atoms. The Balaban J connectivity index is 0.000000673. The van der Waals surface area contributed by atoms with Gasteiger partial charge in [-0.1, -0.05) is 20.3 Å². The van der Waals surface area contributed by atoms with Crippen molar-refractivity contribution in [2.24, 2.45) is 0 Å². The minimum absolute atomic E-state index is 0.586. The lowest BCUT2D eigenvalue weighted by Gasteiger charge is -2.12. The van der Waals surface area contributed by atoms with E-state index in [1.807, 2.05) is 0 Å². The average molecular weight is 244 g/mol. The van der Waals surface area contributed by atoms with Crippen molar-refractivity contribution in [1.82, 2.24) is 0 Å². The van der Waals surface area contributed by atoms with Gasteiger partial charge in [0, 0.05) is 4.90 Å². The lowest BCUT2D eigenvalue weighted by Crippen LogP contribution is -1.94. The van der Waals surface area contributed by atoms with Crippen molar-refractivity contribution in [3.05, 3.63) is 12.1 Å². The Morgan fingerprint density at radius 3 is 1.56 bits per heavy atom. The van der Waals surface area contributed by atoms with Crippen molar-refractivity contribution in [2.45, 2.75) is 25.2 Å². The van der Waals surface area contributed by atoms with E-state index in [0.717, 1.165) is 4.90 Å². The Kier molecular flexibility index (Phi) is 7.64.